The van der Waals surface area contributed by atoms with E-state index in [9.17, 15) is 14.0 Å². The molecule has 2 N–H and O–H groups in total. The first-order valence-corrected chi connectivity index (χ1v) is 9.23. The highest BCUT2D eigenvalue weighted by atomic mass is 79.9. The summed E-state index contributed by atoms with van der Waals surface area (Å²) in [4.78, 5) is 28.2. The first-order valence-electron chi connectivity index (χ1n) is 7.56. The zero-order valence-electron chi connectivity index (χ0n) is 13.3. The lowest BCUT2D eigenvalue weighted by Gasteiger charge is -2.05. The Morgan fingerprint density at radius 1 is 1.15 bits per heavy atom. The molecule has 26 heavy (non-hydrogen) atoms. The molecule has 5 nitrogen and oxygen atoms in total. The number of anilines is 1. The number of benzene rings is 2. The lowest BCUT2D eigenvalue weighted by Crippen LogP contribution is -2.32. The van der Waals surface area contributed by atoms with Crippen molar-refractivity contribution in [2.75, 3.05) is 11.9 Å². The summed E-state index contributed by atoms with van der Waals surface area (Å²) in [6.07, 6.45) is 0. The van der Waals surface area contributed by atoms with Gasteiger partial charge >= 0.3 is 0 Å². The summed E-state index contributed by atoms with van der Waals surface area (Å²) in [7, 11) is 0. The SMILES string of the molecule is O=C(CNC(=O)c1cccc(F)c1)Nc1nc(-c2cccc(Br)c2)cs1. The second kappa shape index (κ2) is 8.20. The van der Waals surface area contributed by atoms with E-state index in [4.69, 9.17) is 0 Å². The molecule has 2 aromatic carbocycles. The predicted octanol–water partition coefficient (Wildman–Crippen LogP) is 4.08. The van der Waals surface area contributed by atoms with Gasteiger partial charge in [-0.1, -0.05) is 34.1 Å². The van der Waals surface area contributed by atoms with Gasteiger partial charge in [-0.15, -0.1) is 11.3 Å². The number of hydrogen-bond acceptors (Lipinski definition) is 4. The minimum Gasteiger partial charge on any atom is -0.343 e. The summed E-state index contributed by atoms with van der Waals surface area (Å²) in [5.74, 6) is -1.44. The third-order valence-corrected chi connectivity index (χ3v) is 4.62. The molecule has 0 saturated heterocycles. The van der Waals surface area contributed by atoms with Crippen LogP contribution >= 0.6 is 27.3 Å². The second-order valence-corrected chi connectivity index (χ2v) is 7.06. The highest BCUT2D eigenvalue weighted by Crippen LogP contribution is 2.26. The molecule has 0 spiro atoms. The second-order valence-electron chi connectivity index (χ2n) is 5.29. The van der Waals surface area contributed by atoms with Gasteiger partial charge in [-0.05, 0) is 30.3 Å². The van der Waals surface area contributed by atoms with Crippen molar-refractivity contribution >= 4 is 44.2 Å². The molecule has 0 radical (unpaired) electrons. The standard InChI is InChI=1S/C18H13BrFN3O2S/c19-13-5-1-3-11(7-13)15-10-26-18(22-15)23-16(24)9-21-17(25)12-4-2-6-14(20)8-12/h1-8,10H,9H2,(H,21,25)(H,22,23,24). The number of nitrogens with zero attached hydrogens (tertiary/aromatic N) is 1. The van der Waals surface area contributed by atoms with E-state index in [1.165, 1.54) is 29.5 Å². The van der Waals surface area contributed by atoms with E-state index in [1.54, 1.807) is 0 Å². The molecule has 0 aliphatic carbocycles. The van der Waals surface area contributed by atoms with Crippen molar-refractivity contribution in [3.05, 3.63) is 69.8 Å². The fourth-order valence-electron chi connectivity index (χ4n) is 2.17. The van der Waals surface area contributed by atoms with Crippen LogP contribution in [0.4, 0.5) is 9.52 Å². The Balaban J connectivity index is 1.56. The van der Waals surface area contributed by atoms with E-state index in [0.29, 0.717) is 5.13 Å². The summed E-state index contributed by atoms with van der Waals surface area (Å²) in [5.41, 5.74) is 1.83. The van der Waals surface area contributed by atoms with Crippen LogP contribution < -0.4 is 10.6 Å². The molecular weight excluding hydrogens is 421 g/mol. The fraction of sp³-hybridized carbons (Fsp3) is 0.0556. The van der Waals surface area contributed by atoms with Crippen molar-refractivity contribution in [1.29, 1.82) is 0 Å². The first-order chi connectivity index (χ1) is 12.5. The summed E-state index contributed by atoms with van der Waals surface area (Å²) in [6.45, 7) is -0.235. The van der Waals surface area contributed by atoms with Crippen LogP contribution in [-0.4, -0.2) is 23.3 Å². The van der Waals surface area contributed by atoms with E-state index in [2.05, 4.69) is 31.5 Å². The number of carbonyl (C=O) groups is 2. The van der Waals surface area contributed by atoms with Crippen molar-refractivity contribution in [3.8, 4) is 11.3 Å². The molecule has 0 fully saturated rings. The van der Waals surface area contributed by atoms with Crippen LogP contribution in [-0.2, 0) is 4.79 Å². The summed E-state index contributed by atoms with van der Waals surface area (Å²) in [5, 5.41) is 7.35. The van der Waals surface area contributed by atoms with Crippen LogP contribution in [0.1, 0.15) is 10.4 Å². The molecule has 0 saturated carbocycles. The fourth-order valence-corrected chi connectivity index (χ4v) is 3.30. The molecule has 3 rings (SSSR count). The topological polar surface area (TPSA) is 71.1 Å². The highest BCUT2D eigenvalue weighted by molar-refractivity contribution is 9.10. The van der Waals surface area contributed by atoms with Crippen LogP contribution in [0.5, 0.6) is 0 Å². The van der Waals surface area contributed by atoms with Gasteiger partial charge in [0, 0.05) is 21.0 Å². The summed E-state index contributed by atoms with van der Waals surface area (Å²) in [6, 6.07) is 12.9. The number of carbonyl (C=O) groups excluding carboxylic acids is 2. The Bertz CT molecular complexity index is 961. The molecular formula is C18H13BrFN3O2S. The maximum absolute atomic E-state index is 13.1. The molecule has 0 aliphatic rings. The predicted molar refractivity (Wildman–Crippen MR) is 103 cm³/mol. The molecule has 8 heteroatoms. The Kier molecular flexibility index (Phi) is 5.75. The number of thiazole rings is 1. The number of amides is 2. The number of nitrogens with one attached hydrogen (secondary N) is 2. The zero-order valence-corrected chi connectivity index (χ0v) is 15.7. The van der Waals surface area contributed by atoms with Crippen LogP contribution in [0, 0.1) is 5.82 Å². The molecule has 0 bridgehead atoms. The van der Waals surface area contributed by atoms with Gasteiger partial charge in [-0.2, -0.15) is 0 Å². The normalized spacial score (nSPS) is 10.4. The number of hydrogen-bond donors (Lipinski definition) is 2. The third kappa shape index (κ3) is 4.74. The van der Waals surface area contributed by atoms with Crippen molar-refractivity contribution in [2.45, 2.75) is 0 Å². The van der Waals surface area contributed by atoms with Gasteiger partial charge in [-0.3, -0.25) is 9.59 Å². The average Bonchev–Trinajstić information content (AvgIpc) is 3.08. The van der Waals surface area contributed by atoms with Crippen molar-refractivity contribution in [2.24, 2.45) is 0 Å². The largest absolute Gasteiger partial charge is 0.343 e. The molecule has 1 heterocycles. The Morgan fingerprint density at radius 3 is 2.73 bits per heavy atom. The van der Waals surface area contributed by atoms with Gasteiger partial charge in [0.1, 0.15) is 5.82 Å². The lowest BCUT2D eigenvalue weighted by molar-refractivity contribution is -0.115. The molecule has 2 amide bonds. The Morgan fingerprint density at radius 2 is 1.96 bits per heavy atom. The number of halogens is 2. The maximum Gasteiger partial charge on any atom is 0.251 e. The molecule has 0 atom stereocenters. The van der Waals surface area contributed by atoms with Gasteiger partial charge in [-0.25, -0.2) is 9.37 Å². The molecule has 0 unspecified atom stereocenters. The molecule has 1 aromatic heterocycles. The van der Waals surface area contributed by atoms with Gasteiger partial charge in [0.05, 0.1) is 12.2 Å². The van der Waals surface area contributed by atoms with Crippen LogP contribution in [0.2, 0.25) is 0 Å². The summed E-state index contributed by atoms with van der Waals surface area (Å²) >= 11 is 4.70. The lowest BCUT2D eigenvalue weighted by atomic mass is 10.2. The van der Waals surface area contributed by atoms with Crippen LogP contribution in [0.15, 0.2) is 58.4 Å². The van der Waals surface area contributed by atoms with Crippen LogP contribution in [0.25, 0.3) is 11.3 Å². The summed E-state index contributed by atoms with van der Waals surface area (Å²) < 4.78 is 14.1. The van der Waals surface area contributed by atoms with E-state index in [-0.39, 0.29) is 12.1 Å². The van der Waals surface area contributed by atoms with E-state index < -0.39 is 17.6 Å². The van der Waals surface area contributed by atoms with Crippen LogP contribution in [0.3, 0.4) is 0 Å². The quantitative estimate of drug-likeness (QED) is 0.636. The smallest absolute Gasteiger partial charge is 0.251 e. The number of rotatable bonds is 5. The van der Waals surface area contributed by atoms with Crippen molar-refractivity contribution in [3.63, 3.8) is 0 Å². The molecule has 132 valence electrons. The highest BCUT2D eigenvalue weighted by Gasteiger charge is 2.11. The Hall–Kier alpha value is -2.58. The van der Waals surface area contributed by atoms with E-state index in [1.807, 2.05) is 29.6 Å². The van der Waals surface area contributed by atoms with Crippen molar-refractivity contribution in [1.82, 2.24) is 10.3 Å². The van der Waals surface area contributed by atoms with Gasteiger partial charge in [0.25, 0.3) is 5.91 Å². The minimum atomic E-state index is -0.520. The molecule has 0 aliphatic heterocycles. The zero-order chi connectivity index (χ0) is 18.5. The van der Waals surface area contributed by atoms with E-state index in [0.717, 1.165) is 21.8 Å². The first kappa shape index (κ1) is 18.2. The van der Waals surface area contributed by atoms with Gasteiger partial charge < -0.3 is 10.6 Å². The number of aromatic nitrogens is 1. The Labute approximate surface area is 161 Å². The molecule has 3 aromatic rings. The van der Waals surface area contributed by atoms with Crippen molar-refractivity contribution < 1.29 is 14.0 Å². The minimum absolute atomic E-state index is 0.156. The van der Waals surface area contributed by atoms with Gasteiger partial charge in [0.2, 0.25) is 5.91 Å². The third-order valence-electron chi connectivity index (χ3n) is 3.37. The average molecular weight is 434 g/mol. The maximum atomic E-state index is 13.1. The van der Waals surface area contributed by atoms with Gasteiger partial charge in [0.15, 0.2) is 5.13 Å². The monoisotopic (exact) mass is 433 g/mol. The van der Waals surface area contributed by atoms with E-state index >= 15 is 0 Å².